The number of anilines is 1. The molecule has 50 heavy (non-hydrogen) atoms. The van der Waals surface area contributed by atoms with Crippen LogP contribution in [0, 0.1) is 12.3 Å². The second kappa shape index (κ2) is 12.3. The molecule has 0 unspecified atom stereocenters. The number of amides is 2. The van der Waals surface area contributed by atoms with Crippen LogP contribution in [0.25, 0.3) is 17.0 Å². The third-order valence-electron chi connectivity index (χ3n) is 10.3. The van der Waals surface area contributed by atoms with Gasteiger partial charge in [-0.25, -0.2) is 0 Å². The number of alkyl halides is 3. The number of halogens is 3. The zero-order chi connectivity index (χ0) is 34.6. The minimum Gasteiger partial charge on any atom is -0.338 e. The Kier molecular flexibility index (Phi) is 7.89. The van der Waals surface area contributed by atoms with Crippen LogP contribution < -0.4 is 4.90 Å². The lowest BCUT2D eigenvalue weighted by atomic mass is 9.85. The third-order valence-corrected chi connectivity index (χ3v) is 10.3. The maximum Gasteiger partial charge on any atom is 0.433 e. The molecule has 2 aromatic heterocycles. The summed E-state index contributed by atoms with van der Waals surface area (Å²) in [4.78, 5) is 45.4. The van der Waals surface area contributed by atoms with Crippen molar-refractivity contribution in [1.82, 2.24) is 24.9 Å². The van der Waals surface area contributed by atoms with Gasteiger partial charge < -0.3 is 14.3 Å². The molecule has 4 aliphatic heterocycles. The minimum atomic E-state index is -4.56. The fourth-order valence-electron chi connectivity index (χ4n) is 7.55. The third kappa shape index (κ3) is 5.89. The molecule has 0 radical (unpaired) electrons. The first-order chi connectivity index (χ1) is 24.1. The molecule has 2 saturated heterocycles. The molecule has 256 valence electrons. The Morgan fingerprint density at radius 3 is 2.52 bits per heavy atom. The number of likely N-dealkylation sites (tertiary alicyclic amines) is 1. The summed E-state index contributed by atoms with van der Waals surface area (Å²) >= 11 is 0. The normalized spacial score (nSPS) is 20.8. The molecule has 0 aliphatic carbocycles. The van der Waals surface area contributed by atoms with Gasteiger partial charge in [0.15, 0.2) is 5.82 Å². The predicted molar refractivity (Wildman–Crippen MR) is 179 cm³/mol. The average molecular weight is 682 g/mol. The molecular formula is C37H34F3N7O3. The number of rotatable bonds is 6. The Hall–Kier alpha value is -5.17. The van der Waals surface area contributed by atoms with Crippen LogP contribution in [-0.4, -0.2) is 81.7 Å². The van der Waals surface area contributed by atoms with E-state index in [1.165, 1.54) is 11.6 Å². The highest BCUT2D eigenvalue weighted by Crippen LogP contribution is 2.43. The van der Waals surface area contributed by atoms with Gasteiger partial charge >= 0.3 is 6.18 Å². The van der Waals surface area contributed by atoms with Crippen molar-refractivity contribution >= 4 is 28.8 Å². The maximum atomic E-state index is 14.0. The van der Waals surface area contributed by atoms with Crippen LogP contribution in [0.4, 0.5) is 18.9 Å². The first kappa shape index (κ1) is 32.1. The van der Waals surface area contributed by atoms with E-state index in [4.69, 9.17) is 4.52 Å². The number of nitrogens with zero attached hydrogens (tertiary/aromatic N) is 7. The fourth-order valence-corrected chi connectivity index (χ4v) is 7.55. The lowest BCUT2D eigenvalue weighted by Crippen LogP contribution is -2.43. The highest BCUT2D eigenvalue weighted by molar-refractivity contribution is 6.16. The van der Waals surface area contributed by atoms with Gasteiger partial charge in [0.25, 0.3) is 5.89 Å². The molecule has 6 heterocycles. The van der Waals surface area contributed by atoms with Gasteiger partial charge in [-0.05, 0) is 85.8 Å². The van der Waals surface area contributed by atoms with E-state index >= 15 is 0 Å². The summed E-state index contributed by atoms with van der Waals surface area (Å²) < 4.78 is 45.3. The van der Waals surface area contributed by atoms with E-state index in [9.17, 15) is 22.8 Å². The Bertz CT molecular complexity index is 2060. The van der Waals surface area contributed by atoms with Gasteiger partial charge in [-0.2, -0.15) is 18.2 Å². The Balaban J connectivity index is 0.890. The first-order valence-electron chi connectivity index (χ1n) is 16.7. The molecule has 0 saturated carbocycles. The summed E-state index contributed by atoms with van der Waals surface area (Å²) in [5, 5.41) is 3.85. The number of aromatic nitrogens is 3. The van der Waals surface area contributed by atoms with Crippen molar-refractivity contribution in [3.63, 3.8) is 0 Å². The van der Waals surface area contributed by atoms with Crippen LogP contribution >= 0.6 is 0 Å². The van der Waals surface area contributed by atoms with Crippen molar-refractivity contribution in [3.05, 3.63) is 101 Å². The van der Waals surface area contributed by atoms with Crippen molar-refractivity contribution in [3.8, 4) is 11.5 Å². The number of carbonyl (C=O) groups excluding carboxylic acids is 2. The molecule has 4 aromatic rings. The number of fused-ring (bicyclic) bond motifs is 1. The van der Waals surface area contributed by atoms with E-state index in [2.05, 4.69) is 31.1 Å². The molecule has 0 bridgehead atoms. The molecule has 0 N–H and O–H groups in total. The van der Waals surface area contributed by atoms with Gasteiger partial charge in [0, 0.05) is 54.8 Å². The molecule has 4 aliphatic rings. The zero-order valence-corrected chi connectivity index (χ0v) is 27.4. The summed E-state index contributed by atoms with van der Waals surface area (Å²) in [6.45, 7) is 5.28. The van der Waals surface area contributed by atoms with Crippen LogP contribution in [0.1, 0.15) is 53.0 Å². The quantitative estimate of drug-likeness (QED) is 0.263. The summed E-state index contributed by atoms with van der Waals surface area (Å²) in [6, 6.07) is 16.2. The monoisotopic (exact) mass is 681 g/mol. The van der Waals surface area contributed by atoms with E-state index in [0.29, 0.717) is 80.8 Å². The van der Waals surface area contributed by atoms with Crippen LogP contribution in [-0.2, 0) is 22.3 Å². The standard InChI is InChI=1S/C37H34F3N7O3/c1-23-43-34(50-44-23)26-4-2-24(3-5-26)25-9-14-46(15-10-25)32(48)21-45-16-11-36(22-45)12-17-47(35(36)49)29-7-6-28-20-42-33(30(28)19-29)27-8-13-41-31(18-27)37(38,39)40/h2-9,13,18-19H,10-12,14-17,20-22H2,1H3/t36-/m0/s1. The van der Waals surface area contributed by atoms with E-state index < -0.39 is 17.3 Å². The Labute approximate surface area is 286 Å². The zero-order valence-electron chi connectivity index (χ0n) is 27.4. The average Bonchev–Trinajstić information content (AvgIpc) is 3.92. The van der Waals surface area contributed by atoms with Crippen molar-refractivity contribution in [2.45, 2.75) is 38.9 Å². The Morgan fingerprint density at radius 1 is 0.980 bits per heavy atom. The first-order valence-corrected chi connectivity index (χ1v) is 16.7. The number of pyridine rings is 1. The van der Waals surface area contributed by atoms with Gasteiger partial charge in [0.2, 0.25) is 11.8 Å². The predicted octanol–water partition coefficient (Wildman–Crippen LogP) is 5.55. The molecule has 2 aromatic carbocycles. The molecule has 13 heteroatoms. The van der Waals surface area contributed by atoms with Gasteiger partial charge in [-0.3, -0.25) is 24.5 Å². The van der Waals surface area contributed by atoms with Crippen molar-refractivity contribution < 1.29 is 27.3 Å². The van der Waals surface area contributed by atoms with Crippen LogP contribution in [0.2, 0.25) is 0 Å². The molecule has 10 nitrogen and oxygen atoms in total. The highest BCUT2D eigenvalue weighted by Gasteiger charge is 2.51. The lowest BCUT2D eigenvalue weighted by molar-refractivity contribution is -0.141. The summed E-state index contributed by atoms with van der Waals surface area (Å²) in [7, 11) is 0. The summed E-state index contributed by atoms with van der Waals surface area (Å²) in [6.07, 6.45) is 0.790. The van der Waals surface area contributed by atoms with Gasteiger partial charge in [0.1, 0.15) is 5.69 Å². The molecule has 1 atom stereocenters. The van der Waals surface area contributed by atoms with E-state index in [1.54, 1.807) is 11.8 Å². The van der Waals surface area contributed by atoms with Crippen LogP contribution in [0.3, 0.4) is 0 Å². The number of aryl methyl sites for hydroxylation is 1. The topological polar surface area (TPSA) is 108 Å². The van der Waals surface area contributed by atoms with E-state index in [0.717, 1.165) is 40.9 Å². The molecule has 2 fully saturated rings. The number of carbonyl (C=O) groups is 2. The van der Waals surface area contributed by atoms with Crippen molar-refractivity contribution in [1.29, 1.82) is 0 Å². The largest absolute Gasteiger partial charge is 0.433 e. The molecule has 2 amide bonds. The smallest absolute Gasteiger partial charge is 0.338 e. The summed E-state index contributed by atoms with van der Waals surface area (Å²) in [5.74, 6) is 1.15. The molecule has 1 spiro atoms. The molecular weight excluding hydrogens is 647 g/mol. The van der Waals surface area contributed by atoms with Crippen LogP contribution in [0.5, 0.6) is 0 Å². The van der Waals surface area contributed by atoms with Gasteiger partial charge in [-0.1, -0.05) is 29.4 Å². The number of hydrogen-bond acceptors (Lipinski definition) is 8. The van der Waals surface area contributed by atoms with Crippen LogP contribution in [0.15, 0.2) is 76.4 Å². The van der Waals surface area contributed by atoms with E-state index in [-0.39, 0.29) is 18.4 Å². The van der Waals surface area contributed by atoms with Gasteiger partial charge in [0.05, 0.1) is 24.2 Å². The summed E-state index contributed by atoms with van der Waals surface area (Å²) in [5.41, 5.74) is 4.75. The lowest BCUT2D eigenvalue weighted by Gasteiger charge is -2.29. The minimum absolute atomic E-state index is 0.0259. The van der Waals surface area contributed by atoms with Crippen molar-refractivity contribution in [2.24, 2.45) is 10.4 Å². The number of aliphatic imine (C=N–C) groups is 1. The maximum absolute atomic E-state index is 14.0. The van der Waals surface area contributed by atoms with Crippen molar-refractivity contribution in [2.75, 3.05) is 44.2 Å². The van der Waals surface area contributed by atoms with E-state index in [1.807, 2.05) is 47.4 Å². The second-order valence-corrected chi connectivity index (χ2v) is 13.4. The fraction of sp³-hybridized carbons (Fsp3) is 0.351. The second-order valence-electron chi connectivity index (χ2n) is 13.4. The number of hydrogen-bond donors (Lipinski definition) is 0. The number of benzene rings is 2. The Morgan fingerprint density at radius 2 is 1.78 bits per heavy atom. The SMILES string of the molecule is Cc1noc(-c2ccc(C3=CCN(C(=O)CN4CC[C@]5(CCN(c6ccc7c(c6)C(c6ccnc(C(F)(F)F)c6)=NC7)C5=O)C4)CC3)cc2)n1. The van der Waals surface area contributed by atoms with Gasteiger partial charge in [-0.15, -0.1) is 0 Å². The highest BCUT2D eigenvalue weighted by atomic mass is 19.4. The molecule has 8 rings (SSSR count).